The number of carbonyl (C=O) groups excluding carboxylic acids is 1. The highest BCUT2D eigenvalue weighted by molar-refractivity contribution is 5.69. The van der Waals surface area contributed by atoms with E-state index in [0.29, 0.717) is 12.1 Å². The number of ether oxygens (including phenoxy) is 1. The standard InChI is InChI=1S/C13H12FNO3/c14-11-3-1-10(2-4-11)7-18-13(16)6-5-12-8-17-9-15-12/h1-4,8-9H,5-7H2. The van der Waals surface area contributed by atoms with Gasteiger partial charge in [0.25, 0.3) is 0 Å². The second-order valence-electron chi connectivity index (χ2n) is 3.77. The number of esters is 1. The Bertz CT molecular complexity index is 493. The topological polar surface area (TPSA) is 52.3 Å². The molecular formula is C13H12FNO3. The molecule has 0 aliphatic rings. The molecule has 2 aromatic rings. The predicted molar refractivity (Wildman–Crippen MR) is 61.0 cm³/mol. The van der Waals surface area contributed by atoms with Crippen LogP contribution < -0.4 is 0 Å². The van der Waals surface area contributed by atoms with Crippen molar-refractivity contribution >= 4 is 5.97 Å². The van der Waals surface area contributed by atoms with Gasteiger partial charge in [0.15, 0.2) is 6.39 Å². The van der Waals surface area contributed by atoms with Crippen LogP contribution in [0.25, 0.3) is 0 Å². The first-order chi connectivity index (χ1) is 8.74. The van der Waals surface area contributed by atoms with E-state index >= 15 is 0 Å². The van der Waals surface area contributed by atoms with Gasteiger partial charge in [0.2, 0.25) is 0 Å². The first-order valence-corrected chi connectivity index (χ1v) is 5.51. The lowest BCUT2D eigenvalue weighted by atomic mass is 10.2. The second-order valence-corrected chi connectivity index (χ2v) is 3.77. The van der Waals surface area contributed by atoms with Crippen molar-refractivity contribution in [1.29, 1.82) is 0 Å². The summed E-state index contributed by atoms with van der Waals surface area (Å²) in [6, 6.07) is 5.83. The molecule has 0 atom stereocenters. The van der Waals surface area contributed by atoms with Crippen molar-refractivity contribution in [2.75, 3.05) is 0 Å². The Hall–Kier alpha value is -2.17. The number of rotatable bonds is 5. The van der Waals surface area contributed by atoms with E-state index in [9.17, 15) is 9.18 Å². The number of aryl methyl sites for hydroxylation is 1. The maximum Gasteiger partial charge on any atom is 0.306 e. The van der Waals surface area contributed by atoms with Gasteiger partial charge in [0.1, 0.15) is 18.7 Å². The summed E-state index contributed by atoms with van der Waals surface area (Å²) < 4.78 is 22.5. The van der Waals surface area contributed by atoms with Gasteiger partial charge < -0.3 is 9.15 Å². The van der Waals surface area contributed by atoms with Crippen molar-refractivity contribution in [3.8, 4) is 0 Å². The van der Waals surface area contributed by atoms with Crippen molar-refractivity contribution in [2.24, 2.45) is 0 Å². The number of hydrogen-bond donors (Lipinski definition) is 0. The summed E-state index contributed by atoms with van der Waals surface area (Å²) in [5.74, 6) is -0.626. The molecule has 0 aliphatic carbocycles. The molecular weight excluding hydrogens is 237 g/mol. The molecule has 18 heavy (non-hydrogen) atoms. The van der Waals surface area contributed by atoms with Crippen LogP contribution in [0.2, 0.25) is 0 Å². The minimum atomic E-state index is -0.317. The van der Waals surface area contributed by atoms with E-state index in [-0.39, 0.29) is 24.8 Å². The number of benzene rings is 1. The Morgan fingerprint density at radius 3 is 2.78 bits per heavy atom. The first kappa shape index (κ1) is 12.3. The summed E-state index contributed by atoms with van der Waals surface area (Å²) in [6.45, 7) is 0.151. The highest BCUT2D eigenvalue weighted by Crippen LogP contribution is 2.06. The fourth-order valence-electron chi connectivity index (χ4n) is 1.41. The molecule has 0 unspecified atom stereocenters. The molecule has 5 heteroatoms. The largest absolute Gasteiger partial charge is 0.461 e. The zero-order valence-electron chi connectivity index (χ0n) is 9.64. The molecule has 2 rings (SSSR count). The SMILES string of the molecule is O=C(CCc1cocn1)OCc1ccc(F)cc1. The molecule has 4 nitrogen and oxygen atoms in total. The zero-order chi connectivity index (χ0) is 12.8. The smallest absolute Gasteiger partial charge is 0.306 e. The predicted octanol–water partition coefficient (Wildman–Crippen LogP) is 2.49. The number of aromatic nitrogens is 1. The molecule has 1 aromatic carbocycles. The fraction of sp³-hybridized carbons (Fsp3) is 0.231. The Balaban J connectivity index is 1.73. The lowest BCUT2D eigenvalue weighted by Crippen LogP contribution is -2.06. The third kappa shape index (κ3) is 3.69. The molecule has 0 saturated heterocycles. The maximum absolute atomic E-state index is 12.6. The maximum atomic E-state index is 12.6. The molecule has 0 amide bonds. The van der Waals surface area contributed by atoms with Crippen LogP contribution in [-0.4, -0.2) is 11.0 Å². The van der Waals surface area contributed by atoms with Crippen molar-refractivity contribution in [1.82, 2.24) is 4.98 Å². The number of oxazole rings is 1. The van der Waals surface area contributed by atoms with E-state index in [1.54, 1.807) is 12.1 Å². The van der Waals surface area contributed by atoms with E-state index in [1.807, 2.05) is 0 Å². The minimum Gasteiger partial charge on any atom is -0.461 e. The average Bonchev–Trinajstić information content (AvgIpc) is 2.89. The summed E-state index contributed by atoms with van der Waals surface area (Å²) in [7, 11) is 0. The van der Waals surface area contributed by atoms with Crippen LogP contribution in [-0.2, 0) is 22.6 Å². The van der Waals surface area contributed by atoms with E-state index < -0.39 is 0 Å². The summed E-state index contributed by atoms with van der Waals surface area (Å²) >= 11 is 0. The van der Waals surface area contributed by atoms with E-state index in [1.165, 1.54) is 24.8 Å². The molecule has 0 aliphatic heterocycles. The van der Waals surface area contributed by atoms with Crippen LogP contribution in [0.3, 0.4) is 0 Å². The van der Waals surface area contributed by atoms with Gasteiger partial charge in [0, 0.05) is 6.42 Å². The number of hydrogen-bond acceptors (Lipinski definition) is 4. The third-order valence-electron chi connectivity index (χ3n) is 2.38. The van der Waals surface area contributed by atoms with Crippen molar-refractivity contribution in [3.63, 3.8) is 0 Å². The number of nitrogens with zero attached hydrogens (tertiary/aromatic N) is 1. The van der Waals surface area contributed by atoms with E-state index in [0.717, 1.165) is 5.56 Å². The Kier molecular flexibility index (Phi) is 4.06. The highest BCUT2D eigenvalue weighted by Gasteiger charge is 2.05. The second kappa shape index (κ2) is 5.95. The fourth-order valence-corrected chi connectivity index (χ4v) is 1.41. The first-order valence-electron chi connectivity index (χ1n) is 5.51. The number of halogens is 1. The normalized spacial score (nSPS) is 10.3. The summed E-state index contributed by atoms with van der Waals surface area (Å²) in [4.78, 5) is 15.3. The summed E-state index contributed by atoms with van der Waals surface area (Å²) in [5.41, 5.74) is 1.47. The molecule has 0 spiro atoms. The molecule has 0 radical (unpaired) electrons. The van der Waals surface area contributed by atoms with Gasteiger partial charge in [-0.15, -0.1) is 0 Å². The molecule has 0 bridgehead atoms. The molecule has 0 saturated carbocycles. The van der Waals surface area contributed by atoms with Gasteiger partial charge in [-0.2, -0.15) is 0 Å². The van der Waals surface area contributed by atoms with Gasteiger partial charge in [-0.3, -0.25) is 4.79 Å². The van der Waals surface area contributed by atoms with E-state index in [2.05, 4.69) is 4.98 Å². The van der Waals surface area contributed by atoms with Crippen LogP contribution in [0.15, 0.2) is 41.3 Å². The van der Waals surface area contributed by atoms with Crippen LogP contribution in [0, 0.1) is 5.82 Å². The molecule has 0 N–H and O–H groups in total. The van der Waals surface area contributed by atoms with Gasteiger partial charge >= 0.3 is 5.97 Å². The van der Waals surface area contributed by atoms with Crippen LogP contribution in [0.4, 0.5) is 4.39 Å². The average molecular weight is 249 g/mol. The highest BCUT2D eigenvalue weighted by atomic mass is 19.1. The van der Waals surface area contributed by atoms with E-state index in [4.69, 9.17) is 9.15 Å². The summed E-state index contributed by atoms with van der Waals surface area (Å²) in [6.07, 6.45) is 3.54. The van der Waals surface area contributed by atoms with Crippen molar-refractivity contribution in [2.45, 2.75) is 19.4 Å². The molecule has 1 heterocycles. The lowest BCUT2D eigenvalue weighted by Gasteiger charge is -2.04. The van der Waals surface area contributed by atoms with Crippen molar-refractivity contribution in [3.05, 3.63) is 54.0 Å². The van der Waals surface area contributed by atoms with Gasteiger partial charge in [-0.05, 0) is 17.7 Å². The molecule has 0 fully saturated rings. The van der Waals surface area contributed by atoms with Crippen LogP contribution >= 0.6 is 0 Å². The lowest BCUT2D eigenvalue weighted by molar-refractivity contribution is -0.144. The molecule has 94 valence electrons. The molecule has 1 aromatic heterocycles. The monoisotopic (exact) mass is 249 g/mol. The minimum absolute atomic E-state index is 0.151. The van der Waals surface area contributed by atoms with Crippen LogP contribution in [0.1, 0.15) is 17.7 Å². The van der Waals surface area contributed by atoms with Crippen molar-refractivity contribution < 1.29 is 18.3 Å². The quantitative estimate of drug-likeness (QED) is 0.764. The Labute approximate surface area is 103 Å². The third-order valence-corrected chi connectivity index (χ3v) is 2.38. The number of carbonyl (C=O) groups is 1. The van der Waals surface area contributed by atoms with Gasteiger partial charge in [-0.1, -0.05) is 12.1 Å². The Morgan fingerprint density at radius 1 is 1.33 bits per heavy atom. The summed E-state index contributed by atoms with van der Waals surface area (Å²) in [5, 5.41) is 0. The Morgan fingerprint density at radius 2 is 2.11 bits per heavy atom. The van der Waals surface area contributed by atoms with Gasteiger partial charge in [-0.25, -0.2) is 9.37 Å². The van der Waals surface area contributed by atoms with Crippen LogP contribution in [0.5, 0.6) is 0 Å². The zero-order valence-corrected chi connectivity index (χ0v) is 9.64. The van der Waals surface area contributed by atoms with Gasteiger partial charge in [0.05, 0.1) is 12.1 Å².